The molecule has 0 aromatic heterocycles. The highest BCUT2D eigenvalue weighted by molar-refractivity contribution is 6.30. The van der Waals surface area contributed by atoms with Crippen molar-refractivity contribution in [1.29, 1.82) is 0 Å². The Morgan fingerprint density at radius 2 is 1.73 bits per heavy atom. The minimum atomic E-state index is 0.586. The van der Waals surface area contributed by atoms with Crippen molar-refractivity contribution in [3.63, 3.8) is 0 Å². The molecule has 5 nitrogen and oxygen atoms in total. The lowest BCUT2D eigenvalue weighted by Gasteiger charge is -2.35. The van der Waals surface area contributed by atoms with Crippen LogP contribution in [0.1, 0.15) is 26.3 Å². The van der Waals surface area contributed by atoms with Crippen LogP contribution in [0.5, 0.6) is 0 Å². The minimum absolute atomic E-state index is 0.586. The zero-order chi connectivity index (χ0) is 18.8. The molecule has 2 N–H and O–H groups in total. The fraction of sp³-hybridized carbons (Fsp3) is 0.650. The maximum absolute atomic E-state index is 5.94. The Labute approximate surface area is 163 Å². The van der Waals surface area contributed by atoms with Gasteiger partial charge in [0.2, 0.25) is 0 Å². The number of rotatable bonds is 8. The van der Waals surface area contributed by atoms with E-state index in [1.54, 1.807) is 0 Å². The number of nitrogens with one attached hydrogen (secondary N) is 2. The topological polar surface area (TPSA) is 42.9 Å². The van der Waals surface area contributed by atoms with E-state index in [1.165, 1.54) is 32.7 Å². The summed E-state index contributed by atoms with van der Waals surface area (Å²) in [5.41, 5.74) is 1.16. The van der Waals surface area contributed by atoms with E-state index in [4.69, 9.17) is 11.6 Å². The van der Waals surface area contributed by atoms with Crippen molar-refractivity contribution in [1.82, 2.24) is 20.4 Å². The van der Waals surface area contributed by atoms with Gasteiger partial charge in [0, 0.05) is 50.8 Å². The normalized spacial score (nSPS) is 17.9. The Kier molecular flexibility index (Phi) is 9.23. The van der Waals surface area contributed by atoms with Crippen LogP contribution in [0.4, 0.5) is 0 Å². The van der Waals surface area contributed by atoms with Crippen molar-refractivity contribution < 1.29 is 0 Å². The molecule has 2 rings (SSSR count). The highest BCUT2D eigenvalue weighted by atomic mass is 35.5. The molecule has 1 aromatic rings. The molecule has 0 bridgehead atoms. The molecule has 1 atom stereocenters. The van der Waals surface area contributed by atoms with E-state index in [-0.39, 0.29) is 0 Å². The van der Waals surface area contributed by atoms with Crippen molar-refractivity contribution in [2.45, 2.75) is 27.3 Å². The Morgan fingerprint density at radius 3 is 2.35 bits per heavy atom. The lowest BCUT2D eigenvalue weighted by atomic mass is 10.1. The molecule has 146 valence electrons. The van der Waals surface area contributed by atoms with Crippen molar-refractivity contribution in [3.05, 3.63) is 34.9 Å². The zero-order valence-electron chi connectivity index (χ0n) is 16.5. The van der Waals surface area contributed by atoms with Crippen LogP contribution in [0.3, 0.4) is 0 Å². The molecule has 0 aliphatic carbocycles. The third kappa shape index (κ3) is 7.52. The van der Waals surface area contributed by atoms with Gasteiger partial charge in [0.1, 0.15) is 0 Å². The summed E-state index contributed by atoms with van der Waals surface area (Å²) in [6.45, 7) is 16.2. The highest BCUT2D eigenvalue weighted by Gasteiger charge is 2.17. The van der Waals surface area contributed by atoms with Crippen LogP contribution in [0, 0.1) is 5.92 Å². The molecule has 1 unspecified atom stereocenters. The Balaban J connectivity index is 1.76. The van der Waals surface area contributed by atoms with Gasteiger partial charge in [-0.15, -0.1) is 0 Å². The number of hydrogen-bond acceptors (Lipinski definition) is 3. The molecule has 1 aromatic carbocycles. The summed E-state index contributed by atoms with van der Waals surface area (Å²) < 4.78 is 0. The van der Waals surface area contributed by atoms with Gasteiger partial charge in [-0.3, -0.25) is 0 Å². The van der Waals surface area contributed by atoms with Gasteiger partial charge >= 0.3 is 0 Å². The van der Waals surface area contributed by atoms with Gasteiger partial charge < -0.3 is 20.4 Å². The average molecular weight is 380 g/mol. The molecular weight excluding hydrogens is 346 g/mol. The highest BCUT2D eigenvalue weighted by Crippen LogP contribution is 2.10. The predicted octanol–water partition coefficient (Wildman–Crippen LogP) is 2.67. The van der Waals surface area contributed by atoms with E-state index in [1.807, 2.05) is 24.3 Å². The van der Waals surface area contributed by atoms with E-state index < -0.39 is 0 Å². The van der Waals surface area contributed by atoms with E-state index in [9.17, 15) is 0 Å². The van der Waals surface area contributed by atoms with Crippen LogP contribution < -0.4 is 10.6 Å². The van der Waals surface area contributed by atoms with Crippen LogP contribution in [0.25, 0.3) is 0 Å². The second-order valence-electron chi connectivity index (χ2n) is 7.04. The third-order valence-electron chi connectivity index (χ3n) is 4.78. The van der Waals surface area contributed by atoms with Crippen molar-refractivity contribution >= 4 is 17.6 Å². The first-order chi connectivity index (χ1) is 12.6. The van der Waals surface area contributed by atoms with Crippen LogP contribution in [-0.2, 0) is 6.54 Å². The molecule has 0 spiro atoms. The summed E-state index contributed by atoms with van der Waals surface area (Å²) in [5.74, 6) is 1.47. The third-order valence-corrected chi connectivity index (χ3v) is 5.03. The second-order valence-corrected chi connectivity index (χ2v) is 7.48. The lowest BCUT2D eigenvalue weighted by molar-refractivity contribution is 0.124. The molecule has 1 saturated heterocycles. The molecule has 0 saturated carbocycles. The van der Waals surface area contributed by atoms with Gasteiger partial charge in [-0.25, -0.2) is 4.99 Å². The monoisotopic (exact) mass is 379 g/mol. The second kappa shape index (κ2) is 11.4. The van der Waals surface area contributed by atoms with Crippen molar-refractivity contribution in [3.8, 4) is 0 Å². The van der Waals surface area contributed by atoms with E-state index in [2.05, 4.69) is 46.2 Å². The molecule has 1 aliphatic rings. The number of benzene rings is 1. The van der Waals surface area contributed by atoms with Crippen LogP contribution >= 0.6 is 11.6 Å². The average Bonchev–Trinajstić information content (AvgIpc) is 2.66. The fourth-order valence-electron chi connectivity index (χ4n) is 3.17. The Bertz CT molecular complexity index is 538. The van der Waals surface area contributed by atoms with Gasteiger partial charge in [-0.2, -0.15) is 0 Å². The number of nitrogens with zero attached hydrogens (tertiary/aromatic N) is 3. The number of aliphatic imine (C=N–C) groups is 1. The standard InChI is InChI=1S/C20H34ClN5/c1-4-22-20(24-15-18-6-8-19(21)9-7-18)23-14-17(3)16-26-12-10-25(5-2)11-13-26/h6-9,17H,4-5,10-16H2,1-3H3,(H2,22,23,24). The van der Waals surface area contributed by atoms with Gasteiger partial charge in [0.25, 0.3) is 0 Å². The molecule has 1 fully saturated rings. The van der Waals surface area contributed by atoms with E-state index >= 15 is 0 Å². The van der Waals surface area contributed by atoms with Crippen molar-refractivity contribution in [2.24, 2.45) is 10.9 Å². The summed E-state index contributed by atoms with van der Waals surface area (Å²) >= 11 is 5.94. The number of halogens is 1. The summed E-state index contributed by atoms with van der Waals surface area (Å²) in [4.78, 5) is 9.78. The Morgan fingerprint density at radius 1 is 1.08 bits per heavy atom. The molecule has 6 heteroatoms. The Hall–Kier alpha value is -1.30. The van der Waals surface area contributed by atoms with Crippen LogP contribution in [0.15, 0.2) is 29.3 Å². The summed E-state index contributed by atoms with van der Waals surface area (Å²) in [6.07, 6.45) is 0. The number of hydrogen-bond donors (Lipinski definition) is 2. The number of likely N-dealkylation sites (N-methyl/N-ethyl adjacent to an activating group) is 1. The van der Waals surface area contributed by atoms with Crippen LogP contribution in [0.2, 0.25) is 5.02 Å². The molecule has 26 heavy (non-hydrogen) atoms. The summed E-state index contributed by atoms with van der Waals surface area (Å²) in [7, 11) is 0. The van der Waals surface area contributed by atoms with Gasteiger partial charge in [0.05, 0.1) is 6.54 Å². The SMILES string of the molecule is CCNC(=NCc1ccc(Cl)cc1)NCC(C)CN1CCN(CC)CC1. The van der Waals surface area contributed by atoms with Crippen molar-refractivity contribution in [2.75, 3.05) is 52.4 Å². The first-order valence-electron chi connectivity index (χ1n) is 9.82. The molecule has 1 heterocycles. The maximum Gasteiger partial charge on any atom is 0.191 e. The van der Waals surface area contributed by atoms with Crippen LogP contribution in [-0.4, -0.2) is 68.1 Å². The van der Waals surface area contributed by atoms with E-state index in [0.717, 1.165) is 36.2 Å². The predicted molar refractivity (Wildman–Crippen MR) is 112 cm³/mol. The molecular formula is C20H34ClN5. The van der Waals surface area contributed by atoms with Gasteiger partial charge in [-0.05, 0) is 37.1 Å². The summed E-state index contributed by atoms with van der Waals surface area (Å²) in [6, 6.07) is 7.86. The smallest absolute Gasteiger partial charge is 0.191 e. The molecule has 0 amide bonds. The maximum atomic E-state index is 5.94. The fourth-order valence-corrected chi connectivity index (χ4v) is 3.29. The van der Waals surface area contributed by atoms with Gasteiger partial charge in [-0.1, -0.05) is 37.6 Å². The molecule has 0 radical (unpaired) electrons. The lowest BCUT2D eigenvalue weighted by Crippen LogP contribution is -2.48. The van der Waals surface area contributed by atoms with Gasteiger partial charge in [0.15, 0.2) is 5.96 Å². The first-order valence-corrected chi connectivity index (χ1v) is 10.2. The number of piperazine rings is 1. The van der Waals surface area contributed by atoms with E-state index in [0.29, 0.717) is 12.5 Å². The number of guanidine groups is 1. The summed E-state index contributed by atoms with van der Waals surface area (Å²) in [5, 5.41) is 7.58. The molecule has 1 aliphatic heterocycles. The minimum Gasteiger partial charge on any atom is -0.357 e. The quantitative estimate of drug-likeness (QED) is 0.538. The first kappa shape index (κ1) is 21.0. The largest absolute Gasteiger partial charge is 0.357 e. The zero-order valence-corrected chi connectivity index (χ0v) is 17.2.